The Hall–Kier alpha value is -1.14. The molecule has 0 aliphatic carbocycles. The first kappa shape index (κ1) is 20.2. The van der Waals surface area contributed by atoms with Gasteiger partial charge < -0.3 is 18.9 Å². The van der Waals surface area contributed by atoms with E-state index in [0.717, 1.165) is 0 Å². The SMILES string of the molecule is CCOCC(=O)OCC.CCOCCC(=O)OCC. The van der Waals surface area contributed by atoms with Crippen LogP contribution < -0.4 is 0 Å². The van der Waals surface area contributed by atoms with Crippen molar-refractivity contribution in [2.75, 3.05) is 39.6 Å². The molecule has 19 heavy (non-hydrogen) atoms. The highest BCUT2D eigenvalue weighted by Crippen LogP contribution is 1.86. The molecule has 0 N–H and O–H groups in total. The van der Waals surface area contributed by atoms with Gasteiger partial charge >= 0.3 is 11.9 Å². The van der Waals surface area contributed by atoms with Gasteiger partial charge in [-0.05, 0) is 27.7 Å². The second-order valence-corrected chi connectivity index (χ2v) is 3.19. The third kappa shape index (κ3) is 19.4. The highest BCUT2D eigenvalue weighted by Gasteiger charge is 1.99. The van der Waals surface area contributed by atoms with Gasteiger partial charge in [-0.25, -0.2) is 4.79 Å². The molecule has 6 nitrogen and oxygen atoms in total. The van der Waals surface area contributed by atoms with Crippen molar-refractivity contribution >= 4 is 11.9 Å². The molecular weight excluding hydrogens is 252 g/mol. The van der Waals surface area contributed by atoms with Crippen LogP contribution in [0.5, 0.6) is 0 Å². The van der Waals surface area contributed by atoms with E-state index < -0.39 is 0 Å². The van der Waals surface area contributed by atoms with Crippen LogP contribution in [0.3, 0.4) is 0 Å². The summed E-state index contributed by atoms with van der Waals surface area (Å²) in [5, 5.41) is 0. The smallest absolute Gasteiger partial charge is 0.332 e. The molecular formula is C13H26O6. The van der Waals surface area contributed by atoms with Crippen molar-refractivity contribution in [3.63, 3.8) is 0 Å². The van der Waals surface area contributed by atoms with Crippen LogP contribution in [0.4, 0.5) is 0 Å². The van der Waals surface area contributed by atoms with Crippen LogP contribution in [0.1, 0.15) is 34.1 Å². The van der Waals surface area contributed by atoms with E-state index in [4.69, 9.17) is 9.47 Å². The summed E-state index contributed by atoms with van der Waals surface area (Å²) in [6, 6.07) is 0. The van der Waals surface area contributed by atoms with Crippen LogP contribution >= 0.6 is 0 Å². The maximum Gasteiger partial charge on any atom is 0.332 e. The fourth-order valence-electron chi connectivity index (χ4n) is 0.921. The van der Waals surface area contributed by atoms with Crippen molar-refractivity contribution in [3.05, 3.63) is 0 Å². The Morgan fingerprint density at radius 1 is 0.737 bits per heavy atom. The molecule has 0 spiro atoms. The first-order valence-electron chi connectivity index (χ1n) is 6.58. The van der Waals surface area contributed by atoms with Gasteiger partial charge in [-0.1, -0.05) is 0 Å². The van der Waals surface area contributed by atoms with Crippen molar-refractivity contribution in [2.45, 2.75) is 34.1 Å². The number of carbonyl (C=O) groups excluding carboxylic acids is 2. The van der Waals surface area contributed by atoms with Crippen LogP contribution in [0.15, 0.2) is 0 Å². The zero-order valence-electron chi connectivity index (χ0n) is 12.4. The molecule has 0 aromatic rings. The first-order chi connectivity index (χ1) is 9.12. The molecule has 0 fully saturated rings. The molecule has 0 heterocycles. The predicted molar refractivity (Wildman–Crippen MR) is 70.9 cm³/mol. The number of hydrogen-bond acceptors (Lipinski definition) is 6. The summed E-state index contributed by atoms with van der Waals surface area (Å²) in [6.45, 7) is 9.90. The maximum absolute atomic E-state index is 10.6. The van der Waals surface area contributed by atoms with Crippen LogP contribution in [0.25, 0.3) is 0 Å². The highest BCUT2D eigenvalue weighted by atomic mass is 16.6. The van der Waals surface area contributed by atoms with Crippen molar-refractivity contribution in [3.8, 4) is 0 Å². The van der Waals surface area contributed by atoms with E-state index >= 15 is 0 Å². The molecule has 0 aromatic heterocycles. The summed E-state index contributed by atoms with van der Waals surface area (Å²) >= 11 is 0. The molecule has 0 radical (unpaired) electrons. The number of rotatable bonds is 9. The highest BCUT2D eigenvalue weighted by molar-refractivity contribution is 5.70. The summed E-state index contributed by atoms with van der Waals surface area (Å²) in [7, 11) is 0. The van der Waals surface area contributed by atoms with Gasteiger partial charge in [0.05, 0.1) is 26.2 Å². The van der Waals surface area contributed by atoms with Crippen molar-refractivity contribution in [2.24, 2.45) is 0 Å². The lowest BCUT2D eigenvalue weighted by molar-refractivity contribution is -0.148. The molecule has 0 aromatic carbocycles. The minimum absolute atomic E-state index is 0.0737. The predicted octanol–water partition coefficient (Wildman–Crippen LogP) is 1.56. The van der Waals surface area contributed by atoms with Gasteiger partial charge in [-0.2, -0.15) is 0 Å². The van der Waals surface area contributed by atoms with Gasteiger partial charge in [-0.15, -0.1) is 0 Å². The topological polar surface area (TPSA) is 71.1 Å². The molecule has 0 atom stereocenters. The fraction of sp³-hybridized carbons (Fsp3) is 0.846. The van der Waals surface area contributed by atoms with Gasteiger partial charge in [0.2, 0.25) is 0 Å². The summed E-state index contributed by atoms with van der Waals surface area (Å²) in [4.78, 5) is 21.1. The van der Waals surface area contributed by atoms with Gasteiger partial charge in [-0.3, -0.25) is 4.79 Å². The summed E-state index contributed by atoms with van der Waals surface area (Å²) in [5.74, 6) is -0.477. The Bertz CT molecular complexity index is 217. The third-order valence-electron chi connectivity index (χ3n) is 1.69. The van der Waals surface area contributed by atoms with E-state index in [9.17, 15) is 9.59 Å². The zero-order valence-corrected chi connectivity index (χ0v) is 12.4. The molecule has 0 unspecified atom stereocenters. The van der Waals surface area contributed by atoms with Gasteiger partial charge in [0.15, 0.2) is 0 Å². The second-order valence-electron chi connectivity index (χ2n) is 3.19. The fourth-order valence-corrected chi connectivity index (χ4v) is 0.921. The zero-order chi connectivity index (χ0) is 14.9. The monoisotopic (exact) mass is 278 g/mol. The minimum atomic E-state index is -0.292. The second kappa shape index (κ2) is 16.9. The molecule has 0 saturated carbocycles. The van der Waals surface area contributed by atoms with E-state index in [-0.39, 0.29) is 18.5 Å². The summed E-state index contributed by atoms with van der Waals surface area (Å²) in [5.41, 5.74) is 0. The average Bonchev–Trinajstić information content (AvgIpc) is 2.38. The summed E-state index contributed by atoms with van der Waals surface area (Å²) in [6.07, 6.45) is 0.363. The largest absolute Gasteiger partial charge is 0.466 e. The van der Waals surface area contributed by atoms with Crippen LogP contribution in [0, 0.1) is 0 Å². The van der Waals surface area contributed by atoms with Gasteiger partial charge in [0.1, 0.15) is 6.61 Å². The van der Waals surface area contributed by atoms with Gasteiger partial charge in [0, 0.05) is 13.2 Å². The lowest BCUT2D eigenvalue weighted by Crippen LogP contribution is -2.11. The molecule has 0 aliphatic rings. The van der Waals surface area contributed by atoms with E-state index in [0.29, 0.717) is 39.5 Å². The Kier molecular flexibility index (Phi) is 17.9. The Morgan fingerprint density at radius 2 is 1.26 bits per heavy atom. The molecule has 114 valence electrons. The van der Waals surface area contributed by atoms with Crippen LogP contribution in [-0.4, -0.2) is 51.6 Å². The lowest BCUT2D eigenvalue weighted by Gasteiger charge is -2.00. The number of esters is 2. The molecule has 0 saturated heterocycles. The van der Waals surface area contributed by atoms with Crippen molar-refractivity contribution in [1.82, 2.24) is 0 Å². The van der Waals surface area contributed by atoms with Crippen LogP contribution in [-0.2, 0) is 28.5 Å². The number of carbonyl (C=O) groups is 2. The van der Waals surface area contributed by atoms with E-state index in [1.54, 1.807) is 13.8 Å². The quantitative estimate of drug-likeness (QED) is 0.471. The number of ether oxygens (including phenoxy) is 4. The Labute approximate surface area is 115 Å². The van der Waals surface area contributed by atoms with E-state index in [1.807, 2.05) is 13.8 Å². The number of hydrogen-bond donors (Lipinski definition) is 0. The Morgan fingerprint density at radius 3 is 1.74 bits per heavy atom. The van der Waals surface area contributed by atoms with E-state index in [2.05, 4.69) is 9.47 Å². The normalized spacial score (nSPS) is 9.26. The Balaban J connectivity index is 0. The molecule has 0 amide bonds. The van der Waals surface area contributed by atoms with Gasteiger partial charge in [0.25, 0.3) is 0 Å². The molecule has 0 aliphatic heterocycles. The molecule has 6 heteroatoms. The first-order valence-corrected chi connectivity index (χ1v) is 6.58. The van der Waals surface area contributed by atoms with Crippen molar-refractivity contribution < 1.29 is 28.5 Å². The van der Waals surface area contributed by atoms with E-state index in [1.165, 1.54) is 0 Å². The molecule has 0 rings (SSSR count). The minimum Gasteiger partial charge on any atom is -0.466 e. The summed E-state index contributed by atoms with van der Waals surface area (Å²) < 4.78 is 19.0. The standard InChI is InChI=1S/C7H14O3.C6H12O3/c1-3-9-6-5-7(8)10-4-2;1-3-8-5-6(7)9-4-2/h3-6H2,1-2H3;3-5H2,1-2H3. The average molecular weight is 278 g/mol. The van der Waals surface area contributed by atoms with Crippen LogP contribution in [0.2, 0.25) is 0 Å². The van der Waals surface area contributed by atoms with Crippen molar-refractivity contribution in [1.29, 1.82) is 0 Å². The molecule has 0 bridgehead atoms. The lowest BCUT2D eigenvalue weighted by atomic mass is 10.5. The maximum atomic E-state index is 10.6. The third-order valence-corrected chi connectivity index (χ3v) is 1.69.